The molecule has 9 nitrogen and oxygen atoms in total. The number of carbonyl (C=O) groups is 2. The van der Waals surface area contributed by atoms with Crippen LogP contribution in [0.1, 0.15) is 30.6 Å². The maximum atomic E-state index is 12.5. The topological polar surface area (TPSA) is 114 Å². The number of anilines is 1. The van der Waals surface area contributed by atoms with E-state index in [1.807, 2.05) is 0 Å². The summed E-state index contributed by atoms with van der Waals surface area (Å²) in [5.41, 5.74) is 0.823. The standard InChI is InChI=1S/C22H29N3O6S/c1-5-25(6-2)32(28,29)20-9-7-17(8-10-20)24-21(26)11-12-23-22(27)16-13-18(30-3)15-19(14-16)31-4/h7-10,13-15H,5-6,11-12H2,1-4H3,(H,23,27)(H,24,26). The lowest BCUT2D eigenvalue weighted by atomic mass is 10.2. The molecule has 0 spiro atoms. The third-order valence-corrected chi connectivity index (χ3v) is 6.80. The lowest BCUT2D eigenvalue weighted by Crippen LogP contribution is -2.30. The van der Waals surface area contributed by atoms with Gasteiger partial charge in [0.25, 0.3) is 5.91 Å². The lowest BCUT2D eigenvalue weighted by molar-refractivity contribution is -0.116. The van der Waals surface area contributed by atoms with Crippen LogP contribution in [-0.4, -0.2) is 58.4 Å². The van der Waals surface area contributed by atoms with E-state index in [2.05, 4.69) is 10.6 Å². The van der Waals surface area contributed by atoms with Crippen molar-refractivity contribution in [2.75, 3.05) is 39.2 Å². The first-order valence-corrected chi connectivity index (χ1v) is 11.6. The van der Waals surface area contributed by atoms with Crippen LogP contribution >= 0.6 is 0 Å². The first-order chi connectivity index (χ1) is 15.2. The number of amides is 2. The molecule has 2 aromatic carbocycles. The van der Waals surface area contributed by atoms with Gasteiger partial charge in [-0.05, 0) is 36.4 Å². The zero-order valence-corrected chi connectivity index (χ0v) is 19.5. The van der Waals surface area contributed by atoms with Gasteiger partial charge in [0.2, 0.25) is 15.9 Å². The maximum Gasteiger partial charge on any atom is 0.251 e. The Hall–Kier alpha value is -3.11. The predicted octanol–water partition coefficient (Wildman–Crippen LogP) is 2.49. The van der Waals surface area contributed by atoms with Gasteiger partial charge in [-0.2, -0.15) is 4.31 Å². The monoisotopic (exact) mass is 463 g/mol. The summed E-state index contributed by atoms with van der Waals surface area (Å²) < 4.78 is 36.7. The third kappa shape index (κ3) is 6.44. The van der Waals surface area contributed by atoms with Crippen molar-refractivity contribution in [3.05, 3.63) is 48.0 Å². The molecule has 0 heterocycles. The van der Waals surface area contributed by atoms with Crippen molar-refractivity contribution in [3.63, 3.8) is 0 Å². The van der Waals surface area contributed by atoms with Gasteiger partial charge >= 0.3 is 0 Å². The number of ether oxygens (including phenoxy) is 2. The normalized spacial score (nSPS) is 11.2. The summed E-state index contributed by atoms with van der Waals surface area (Å²) in [5.74, 6) is 0.297. The van der Waals surface area contributed by atoms with E-state index in [4.69, 9.17) is 9.47 Å². The highest BCUT2D eigenvalue weighted by atomic mass is 32.2. The lowest BCUT2D eigenvalue weighted by Gasteiger charge is -2.18. The van der Waals surface area contributed by atoms with Gasteiger partial charge in [0.05, 0.1) is 19.1 Å². The number of sulfonamides is 1. The fourth-order valence-corrected chi connectivity index (χ4v) is 4.43. The summed E-state index contributed by atoms with van der Waals surface area (Å²) in [6, 6.07) is 10.8. The summed E-state index contributed by atoms with van der Waals surface area (Å²) in [5, 5.41) is 5.37. The van der Waals surface area contributed by atoms with Crippen molar-refractivity contribution >= 4 is 27.5 Å². The molecule has 174 valence electrons. The third-order valence-electron chi connectivity index (χ3n) is 4.73. The predicted molar refractivity (Wildman–Crippen MR) is 122 cm³/mol. The van der Waals surface area contributed by atoms with Crippen LogP contribution in [0.25, 0.3) is 0 Å². The minimum absolute atomic E-state index is 0.0480. The van der Waals surface area contributed by atoms with Crippen LogP contribution in [0.3, 0.4) is 0 Å². The second kappa shape index (κ2) is 11.5. The Morgan fingerprint density at radius 3 is 2.00 bits per heavy atom. The number of hydrogen-bond acceptors (Lipinski definition) is 6. The maximum absolute atomic E-state index is 12.5. The minimum atomic E-state index is -3.55. The number of carbonyl (C=O) groups excluding carboxylic acids is 2. The van der Waals surface area contributed by atoms with Crippen LogP contribution in [0.2, 0.25) is 0 Å². The van der Waals surface area contributed by atoms with Gasteiger partial charge in [-0.1, -0.05) is 13.8 Å². The van der Waals surface area contributed by atoms with E-state index in [0.717, 1.165) is 0 Å². The largest absolute Gasteiger partial charge is 0.497 e. The molecule has 32 heavy (non-hydrogen) atoms. The molecule has 0 unspecified atom stereocenters. The molecule has 0 aromatic heterocycles. The first kappa shape index (κ1) is 25.2. The van der Waals surface area contributed by atoms with Gasteiger partial charge in [-0.25, -0.2) is 8.42 Å². The van der Waals surface area contributed by atoms with Crippen LogP contribution in [-0.2, 0) is 14.8 Å². The van der Waals surface area contributed by atoms with E-state index in [-0.39, 0.29) is 29.7 Å². The van der Waals surface area contributed by atoms with Gasteiger partial charge in [0.1, 0.15) is 11.5 Å². The van der Waals surface area contributed by atoms with Crippen LogP contribution in [0.15, 0.2) is 47.4 Å². The number of nitrogens with zero attached hydrogens (tertiary/aromatic N) is 1. The molecule has 0 saturated carbocycles. The van der Waals surface area contributed by atoms with Crippen molar-refractivity contribution in [3.8, 4) is 11.5 Å². The fourth-order valence-electron chi connectivity index (χ4n) is 2.98. The van der Waals surface area contributed by atoms with Gasteiger partial charge < -0.3 is 20.1 Å². The molecule has 2 aromatic rings. The van der Waals surface area contributed by atoms with Crippen molar-refractivity contribution in [1.82, 2.24) is 9.62 Å². The zero-order valence-electron chi connectivity index (χ0n) is 18.7. The highest BCUT2D eigenvalue weighted by molar-refractivity contribution is 7.89. The average molecular weight is 464 g/mol. The number of hydrogen-bond donors (Lipinski definition) is 2. The molecule has 0 aliphatic rings. The summed E-state index contributed by atoms with van der Waals surface area (Å²) in [7, 11) is -0.567. The smallest absolute Gasteiger partial charge is 0.251 e. The molecular weight excluding hydrogens is 434 g/mol. The molecule has 0 radical (unpaired) electrons. The molecule has 0 atom stereocenters. The van der Waals surface area contributed by atoms with Crippen LogP contribution in [0.4, 0.5) is 5.69 Å². The first-order valence-electron chi connectivity index (χ1n) is 10.2. The second-order valence-corrected chi connectivity index (χ2v) is 8.71. The van der Waals surface area contributed by atoms with Crippen LogP contribution < -0.4 is 20.1 Å². The molecule has 0 aliphatic carbocycles. The van der Waals surface area contributed by atoms with E-state index in [1.165, 1.54) is 42.8 Å². The Kier molecular flexibility index (Phi) is 9.03. The highest BCUT2D eigenvalue weighted by Crippen LogP contribution is 2.22. The Bertz CT molecular complexity index is 1010. The molecule has 0 fully saturated rings. The van der Waals surface area contributed by atoms with E-state index in [9.17, 15) is 18.0 Å². The molecular formula is C22H29N3O6S. The number of nitrogens with one attached hydrogen (secondary N) is 2. The van der Waals surface area contributed by atoms with Crippen molar-refractivity contribution in [2.24, 2.45) is 0 Å². The highest BCUT2D eigenvalue weighted by Gasteiger charge is 2.21. The Morgan fingerprint density at radius 1 is 0.938 bits per heavy atom. The van der Waals surface area contributed by atoms with E-state index in [1.54, 1.807) is 32.0 Å². The van der Waals surface area contributed by atoms with Crippen LogP contribution in [0, 0.1) is 0 Å². The number of methoxy groups -OCH3 is 2. The minimum Gasteiger partial charge on any atom is -0.497 e. The Labute approximate surface area is 188 Å². The zero-order chi connectivity index (χ0) is 23.7. The molecule has 2 amide bonds. The molecule has 2 rings (SSSR count). The average Bonchev–Trinajstić information content (AvgIpc) is 2.79. The van der Waals surface area contributed by atoms with E-state index < -0.39 is 10.0 Å². The van der Waals surface area contributed by atoms with Gasteiger partial charge in [0.15, 0.2) is 0 Å². The second-order valence-electron chi connectivity index (χ2n) is 6.77. The summed E-state index contributed by atoms with van der Waals surface area (Å²) in [6.45, 7) is 4.44. The van der Waals surface area contributed by atoms with Crippen molar-refractivity contribution < 1.29 is 27.5 Å². The molecule has 10 heteroatoms. The fraction of sp³-hybridized carbons (Fsp3) is 0.364. The quantitative estimate of drug-likeness (QED) is 0.529. The molecule has 0 bridgehead atoms. The SMILES string of the molecule is CCN(CC)S(=O)(=O)c1ccc(NC(=O)CCNC(=O)c2cc(OC)cc(OC)c2)cc1. The van der Waals surface area contributed by atoms with Gasteiger partial charge in [-0.15, -0.1) is 0 Å². The molecule has 2 N–H and O–H groups in total. The Morgan fingerprint density at radius 2 is 1.50 bits per heavy atom. The molecule has 0 saturated heterocycles. The number of benzene rings is 2. The van der Waals surface area contributed by atoms with Crippen molar-refractivity contribution in [1.29, 1.82) is 0 Å². The summed E-state index contributed by atoms with van der Waals surface area (Å²) >= 11 is 0. The summed E-state index contributed by atoms with van der Waals surface area (Å²) in [4.78, 5) is 24.7. The Balaban J connectivity index is 1.90. The summed E-state index contributed by atoms with van der Waals surface area (Å²) in [6.07, 6.45) is 0.0480. The van der Waals surface area contributed by atoms with Gasteiger partial charge in [0, 0.05) is 43.4 Å². The van der Waals surface area contributed by atoms with Crippen LogP contribution in [0.5, 0.6) is 11.5 Å². The number of rotatable bonds is 11. The van der Waals surface area contributed by atoms with Crippen molar-refractivity contribution in [2.45, 2.75) is 25.2 Å². The van der Waals surface area contributed by atoms with E-state index in [0.29, 0.717) is 35.8 Å². The van der Waals surface area contributed by atoms with E-state index >= 15 is 0 Å². The molecule has 0 aliphatic heterocycles. The van der Waals surface area contributed by atoms with Gasteiger partial charge in [-0.3, -0.25) is 9.59 Å².